The van der Waals surface area contributed by atoms with Crippen LogP contribution in [0.2, 0.25) is 5.02 Å². The molecule has 2 aromatic carbocycles. The monoisotopic (exact) mass is 407 g/mol. The highest BCUT2D eigenvalue weighted by molar-refractivity contribution is 6.30. The Balaban J connectivity index is 1.67. The molecule has 0 atom stereocenters. The van der Waals surface area contributed by atoms with Crippen LogP contribution in [0.4, 0.5) is 10.3 Å². The van der Waals surface area contributed by atoms with Gasteiger partial charge in [0.1, 0.15) is 11.5 Å². The summed E-state index contributed by atoms with van der Waals surface area (Å²) in [7, 11) is 0. The van der Waals surface area contributed by atoms with E-state index in [1.54, 1.807) is 54.7 Å². The fraction of sp³-hybridized carbons (Fsp3) is 0.0476. The number of rotatable bonds is 5. The Labute approximate surface area is 171 Å². The van der Waals surface area contributed by atoms with Crippen molar-refractivity contribution in [3.05, 3.63) is 94.9 Å². The number of hydrogen-bond acceptors (Lipinski definition) is 5. The number of carbonyl (C=O) groups excluding carboxylic acids is 1. The first-order valence-corrected chi connectivity index (χ1v) is 9.15. The molecule has 0 saturated carbocycles. The molecule has 0 aliphatic carbocycles. The van der Waals surface area contributed by atoms with Crippen molar-refractivity contribution in [2.75, 3.05) is 5.32 Å². The molecule has 2 aromatic heterocycles. The number of aromatic nitrogens is 4. The second kappa shape index (κ2) is 8.20. The first kappa shape index (κ1) is 18.8. The Morgan fingerprint density at radius 3 is 2.48 bits per heavy atom. The molecule has 1 N–H and O–H groups in total. The number of nitrogens with one attached hydrogen (secondary N) is 1. The van der Waals surface area contributed by atoms with Crippen molar-refractivity contribution < 1.29 is 9.18 Å². The highest BCUT2D eigenvalue weighted by Gasteiger charge is 2.19. The quantitative estimate of drug-likeness (QED) is 0.529. The molecule has 4 rings (SSSR count). The Bertz CT molecular complexity index is 1130. The van der Waals surface area contributed by atoms with E-state index in [1.165, 1.54) is 16.8 Å². The summed E-state index contributed by atoms with van der Waals surface area (Å²) in [6, 6.07) is 17.9. The molecule has 0 saturated heterocycles. The van der Waals surface area contributed by atoms with Crippen LogP contribution in [0.15, 0.2) is 72.9 Å². The Kier molecular flexibility index (Phi) is 5.31. The van der Waals surface area contributed by atoms with Crippen LogP contribution in [0.25, 0.3) is 11.5 Å². The second-order valence-corrected chi connectivity index (χ2v) is 6.61. The molecule has 0 radical (unpaired) electrons. The van der Waals surface area contributed by atoms with Gasteiger partial charge in [0.2, 0.25) is 11.8 Å². The van der Waals surface area contributed by atoms with Crippen molar-refractivity contribution in [1.82, 2.24) is 19.7 Å². The van der Waals surface area contributed by atoms with Gasteiger partial charge in [-0.05, 0) is 54.1 Å². The van der Waals surface area contributed by atoms with E-state index >= 15 is 0 Å². The predicted molar refractivity (Wildman–Crippen MR) is 108 cm³/mol. The summed E-state index contributed by atoms with van der Waals surface area (Å²) in [6.07, 6.45) is 1.63. The third-order valence-electron chi connectivity index (χ3n) is 4.15. The van der Waals surface area contributed by atoms with Gasteiger partial charge in [0.15, 0.2) is 0 Å². The maximum absolute atomic E-state index is 13.1. The Morgan fingerprint density at radius 2 is 1.79 bits per heavy atom. The van der Waals surface area contributed by atoms with Gasteiger partial charge in [0, 0.05) is 23.3 Å². The van der Waals surface area contributed by atoms with Crippen molar-refractivity contribution in [2.45, 2.75) is 6.54 Å². The van der Waals surface area contributed by atoms with Crippen LogP contribution in [0.3, 0.4) is 0 Å². The molecule has 0 bridgehead atoms. The minimum atomic E-state index is -0.363. The van der Waals surface area contributed by atoms with Gasteiger partial charge in [0.05, 0.1) is 0 Å². The van der Waals surface area contributed by atoms with E-state index in [0.717, 1.165) is 5.56 Å². The first-order chi connectivity index (χ1) is 14.1. The van der Waals surface area contributed by atoms with E-state index in [2.05, 4.69) is 20.4 Å². The van der Waals surface area contributed by atoms with Gasteiger partial charge in [-0.1, -0.05) is 29.8 Å². The summed E-state index contributed by atoms with van der Waals surface area (Å²) in [5, 5.41) is 7.97. The maximum atomic E-state index is 13.1. The van der Waals surface area contributed by atoms with E-state index in [0.29, 0.717) is 28.6 Å². The normalized spacial score (nSPS) is 10.7. The van der Waals surface area contributed by atoms with Gasteiger partial charge in [-0.2, -0.15) is 9.67 Å². The van der Waals surface area contributed by atoms with E-state index in [-0.39, 0.29) is 17.7 Å². The molecular weight excluding hydrogens is 393 g/mol. The number of benzene rings is 2. The third-order valence-corrected chi connectivity index (χ3v) is 4.40. The summed E-state index contributed by atoms with van der Waals surface area (Å²) < 4.78 is 14.3. The van der Waals surface area contributed by atoms with Crippen LogP contribution >= 0.6 is 11.6 Å². The summed E-state index contributed by atoms with van der Waals surface area (Å²) >= 11 is 5.91. The zero-order chi connectivity index (χ0) is 20.2. The molecule has 8 heteroatoms. The van der Waals surface area contributed by atoms with Crippen LogP contribution < -0.4 is 5.32 Å². The minimum Gasteiger partial charge on any atom is -0.350 e. The lowest BCUT2D eigenvalue weighted by Gasteiger charge is -2.07. The SMILES string of the molecule is O=C(c1ccc(Cl)cc1)n1nc(-c2ccccn2)nc1NCc1ccc(F)cc1. The van der Waals surface area contributed by atoms with E-state index in [4.69, 9.17) is 11.6 Å². The topological polar surface area (TPSA) is 72.7 Å². The van der Waals surface area contributed by atoms with Crippen molar-refractivity contribution in [1.29, 1.82) is 0 Å². The maximum Gasteiger partial charge on any atom is 0.281 e. The van der Waals surface area contributed by atoms with Gasteiger partial charge in [-0.3, -0.25) is 9.78 Å². The van der Waals surface area contributed by atoms with E-state index in [9.17, 15) is 9.18 Å². The van der Waals surface area contributed by atoms with Crippen LogP contribution in [-0.2, 0) is 6.54 Å². The lowest BCUT2D eigenvalue weighted by Crippen LogP contribution is -2.17. The molecular formula is C21H15ClFN5O. The van der Waals surface area contributed by atoms with Crippen molar-refractivity contribution in [3.8, 4) is 11.5 Å². The summed E-state index contributed by atoms with van der Waals surface area (Å²) in [5.74, 6) is -0.102. The van der Waals surface area contributed by atoms with Crippen molar-refractivity contribution in [2.24, 2.45) is 0 Å². The molecule has 4 aromatic rings. The average Bonchev–Trinajstić information content (AvgIpc) is 3.18. The van der Waals surface area contributed by atoms with Gasteiger partial charge >= 0.3 is 0 Å². The number of carbonyl (C=O) groups is 1. The summed E-state index contributed by atoms with van der Waals surface area (Å²) in [4.78, 5) is 21.7. The van der Waals surface area contributed by atoms with Crippen molar-refractivity contribution >= 4 is 23.5 Å². The van der Waals surface area contributed by atoms with Gasteiger partial charge < -0.3 is 5.32 Å². The Morgan fingerprint density at radius 1 is 1.03 bits per heavy atom. The summed E-state index contributed by atoms with van der Waals surface area (Å²) in [6.45, 7) is 0.342. The molecule has 0 unspecified atom stereocenters. The van der Waals surface area contributed by atoms with Crippen LogP contribution in [0.5, 0.6) is 0 Å². The smallest absolute Gasteiger partial charge is 0.281 e. The Hall–Kier alpha value is -3.58. The van der Waals surface area contributed by atoms with Crippen LogP contribution in [-0.4, -0.2) is 25.7 Å². The van der Waals surface area contributed by atoms with Crippen LogP contribution in [0.1, 0.15) is 15.9 Å². The highest BCUT2D eigenvalue weighted by atomic mass is 35.5. The molecule has 0 aliphatic heterocycles. The molecule has 29 heavy (non-hydrogen) atoms. The lowest BCUT2D eigenvalue weighted by molar-refractivity contribution is 0.0947. The van der Waals surface area contributed by atoms with E-state index in [1.807, 2.05) is 6.07 Å². The number of anilines is 1. The van der Waals surface area contributed by atoms with Gasteiger partial charge in [-0.25, -0.2) is 4.39 Å². The number of halogens is 2. The fourth-order valence-corrected chi connectivity index (χ4v) is 2.80. The van der Waals surface area contributed by atoms with Gasteiger partial charge in [0.25, 0.3) is 5.91 Å². The molecule has 0 aliphatic rings. The predicted octanol–water partition coefficient (Wildman–Crippen LogP) is 4.43. The average molecular weight is 408 g/mol. The summed E-state index contributed by atoms with van der Waals surface area (Å²) in [5.41, 5.74) is 1.79. The fourth-order valence-electron chi connectivity index (χ4n) is 2.67. The third kappa shape index (κ3) is 4.30. The lowest BCUT2D eigenvalue weighted by atomic mass is 10.2. The van der Waals surface area contributed by atoms with Gasteiger partial charge in [-0.15, -0.1) is 5.10 Å². The second-order valence-electron chi connectivity index (χ2n) is 6.18. The van der Waals surface area contributed by atoms with Crippen molar-refractivity contribution in [3.63, 3.8) is 0 Å². The largest absolute Gasteiger partial charge is 0.350 e. The zero-order valence-electron chi connectivity index (χ0n) is 15.1. The molecule has 0 fully saturated rings. The van der Waals surface area contributed by atoms with E-state index < -0.39 is 0 Å². The minimum absolute atomic E-state index is 0.259. The molecule has 144 valence electrons. The molecule has 0 spiro atoms. The molecule has 0 amide bonds. The number of nitrogens with zero attached hydrogens (tertiary/aromatic N) is 4. The standard InChI is InChI=1S/C21H15ClFN5O/c22-16-8-6-15(7-9-16)20(29)28-21(25-13-14-4-10-17(23)11-5-14)26-19(27-28)18-3-1-2-12-24-18/h1-12H,13H2,(H,25,26,27). The number of pyridine rings is 1. The zero-order valence-corrected chi connectivity index (χ0v) is 15.8. The molecule has 6 nitrogen and oxygen atoms in total. The van der Waals surface area contributed by atoms with Crippen LogP contribution in [0, 0.1) is 5.82 Å². The highest BCUT2D eigenvalue weighted by Crippen LogP contribution is 2.18. The number of hydrogen-bond donors (Lipinski definition) is 1. The first-order valence-electron chi connectivity index (χ1n) is 8.77. The molecule has 2 heterocycles.